The van der Waals surface area contributed by atoms with Gasteiger partial charge in [-0.2, -0.15) is 0 Å². The van der Waals surface area contributed by atoms with Crippen molar-refractivity contribution in [1.82, 2.24) is 10.2 Å². The summed E-state index contributed by atoms with van der Waals surface area (Å²) in [5, 5.41) is 19.0. The third-order valence-corrected chi connectivity index (χ3v) is 4.14. The molecule has 1 aromatic rings. The molecule has 8 nitrogen and oxygen atoms in total. The smallest absolute Gasteiger partial charge is 0.407 e. The minimum Gasteiger partial charge on any atom is -0.453 e. The zero-order chi connectivity index (χ0) is 16.4. The topological polar surface area (TPSA) is 103 Å². The molecule has 23 heavy (non-hydrogen) atoms. The average Bonchev–Trinajstić information content (AvgIpc) is 3.15. The number of alkyl carbamates (subject to hydrolysis) is 1. The zero-order valence-corrected chi connectivity index (χ0v) is 12.8. The van der Waals surface area contributed by atoms with E-state index in [4.69, 9.17) is 0 Å². The number of fused-ring (bicyclic) bond motifs is 1. The van der Waals surface area contributed by atoms with Gasteiger partial charge in [-0.15, -0.1) is 0 Å². The normalized spacial score (nSPS) is 23.0. The number of para-hydroxylation sites is 2. The SMILES string of the molecule is COC(=O)NCC(=O)N1C[C@@H](O)C[C@H]1C1Nc2ccccc2N1. The van der Waals surface area contributed by atoms with E-state index >= 15 is 0 Å². The van der Waals surface area contributed by atoms with Crippen LogP contribution in [0.1, 0.15) is 6.42 Å². The molecular weight excluding hydrogens is 300 g/mol. The number of amides is 2. The van der Waals surface area contributed by atoms with Crippen LogP contribution in [0.15, 0.2) is 24.3 Å². The summed E-state index contributed by atoms with van der Waals surface area (Å²) in [5.41, 5.74) is 1.94. The van der Waals surface area contributed by atoms with Gasteiger partial charge < -0.3 is 30.7 Å². The van der Waals surface area contributed by atoms with Gasteiger partial charge in [0.15, 0.2) is 0 Å². The van der Waals surface area contributed by atoms with Crippen LogP contribution in [0.2, 0.25) is 0 Å². The number of aliphatic hydroxyl groups is 1. The number of hydrogen-bond donors (Lipinski definition) is 4. The lowest BCUT2D eigenvalue weighted by Crippen LogP contribution is -2.50. The van der Waals surface area contributed by atoms with E-state index in [1.54, 1.807) is 4.90 Å². The fraction of sp³-hybridized carbons (Fsp3) is 0.467. The third-order valence-electron chi connectivity index (χ3n) is 4.14. The van der Waals surface area contributed by atoms with Gasteiger partial charge in [0.2, 0.25) is 5.91 Å². The largest absolute Gasteiger partial charge is 0.453 e. The Morgan fingerprint density at radius 1 is 1.35 bits per heavy atom. The molecule has 2 aliphatic heterocycles. The summed E-state index contributed by atoms with van der Waals surface area (Å²) in [6.45, 7) is 0.0954. The number of hydrogen-bond acceptors (Lipinski definition) is 6. The van der Waals surface area contributed by atoms with Crippen molar-refractivity contribution in [3.63, 3.8) is 0 Å². The van der Waals surface area contributed by atoms with Crippen LogP contribution in [0, 0.1) is 0 Å². The lowest BCUT2D eigenvalue weighted by Gasteiger charge is -2.29. The van der Waals surface area contributed by atoms with Crippen molar-refractivity contribution in [1.29, 1.82) is 0 Å². The van der Waals surface area contributed by atoms with Gasteiger partial charge in [-0.05, 0) is 18.6 Å². The minimum atomic E-state index is -0.654. The Kier molecular flexibility index (Phi) is 4.24. The van der Waals surface area contributed by atoms with E-state index in [0.717, 1.165) is 11.4 Å². The van der Waals surface area contributed by atoms with Crippen LogP contribution in [0.5, 0.6) is 0 Å². The average molecular weight is 320 g/mol. The molecule has 0 saturated carbocycles. The van der Waals surface area contributed by atoms with E-state index < -0.39 is 12.2 Å². The summed E-state index contributed by atoms with van der Waals surface area (Å²) in [6, 6.07) is 7.58. The van der Waals surface area contributed by atoms with Gasteiger partial charge in [0, 0.05) is 6.54 Å². The monoisotopic (exact) mass is 320 g/mol. The lowest BCUT2D eigenvalue weighted by molar-refractivity contribution is -0.131. The van der Waals surface area contributed by atoms with Gasteiger partial charge in [0.05, 0.1) is 30.6 Å². The molecule has 0 unspecified atom stereocenters. The first-order valence-electron chi connectivity index (χ1n) is 7.50. The number of carbonyl (C=O) groups is 2. The molecule has 0 spiro atoms. The maximum Gasteiger partial charge on any atom is 0.407 e. The Morgan fingerprint density at radius 2 is 2.00 bits per heavy atom. The quantitative estimate of drug-likeness (QED) is 0.633. The number of β-amino-alcohol motifs (C(OH)–C–C–N with tert-alkyl or cyclic N) is 1. The highest BCUT2D eigenvalue weighted by molar-refractivity contribution is 5.83. The standard InChI is InChI=1S/C15H20N4O4/c1-23-15(22)16-7-13(21)19-8-9(20)6-12(19)14-17-10-4-2-3-5-11(10)18-14/h2-5,9,12,14,17-18,20H,6-8H2,1H3,(H,16,22)/t9-,12-/m0/s1. The van der Waals surface area contributed by atoms with E-state index in [-0.39, 0.29) is 31.2 Å². The predicted octanol–water partition coefficient (Wildman–Crippen LogP) is 0.168. The van der Waals surface area contributed by atoms with Crippen LogP contribution in [0.3, 0.4) is 0 Å². The Balaban J connectivity index is 1.66. The number of ether oxygens (including phenoxy) is 1. The Bertz CT molecular complexity index is 584. The Hall–Kier alpha value is -2.48. The van der Waals surface area contributed by atoms with Gasteiger partial charge in [0.1, 0.15) is 12.7 Å². The van der Waals surface area contributed by atoms with Crippen LogP contribution in [0.25, 0.3) is 0 Å². The second-order valence-electron chi connectivity index (χ2n) is 5.66. The van der Waals surface area contributed by atoms with Crippen LogP contribution in [0.4, 0.5) is 16.2 Å². The van der Waals surface area contributed by atoms with Gasteiger partial charge in [-0.1, -0.05) is 12.1 Å². The summed E-state index contributed by atoms with van der Waals surface area (Å²) < 4.78 is 4.46. The first-order valence-corrected chi connectivity index (χ1v) is 7.50. The minimum absolute atomic E-state index is 0.157. The van der Waals surface area contributed by atoms with E-state index in [9.17, 15) is 14.7 Å². The molecule has 1 fully saturated rings. The van der Waals surface area contributed by atoms with E-state index in [2.05, 4.69) is 20.7 Å². The number of likely N-dealkylation sites (tertiary alicyclic amines) is 1. The molecule has 4 N–H and O–H groups in total. The Labute approximate surface area is 133 Å². The highest BCUT2D eigenvalue weighted by atomic mass is 16.5. The molecule has 3 rings (SSSR count). The summed E-state index contributed by atoms with van der Waals surface area (Å²) in [5.74, 6) is -0.253. The number of nitrogens with zero attached hydrogens (tertiary/aromatic N) is 1. The van der Waals surface area contributed by atoms with E-state index in [1.165, 1.54) is 7.11 Å². The fourth-order valence-electron chi connectivity index (χ4n) is 3.07. The van der Waals surface area contributed by atoms with Crippen LogP contribution >= 0.6 is 0 Å². The number of benzene rings is 1. The van der Waals surface area contributed by atoms with Gasteiger partial charge >= 0.3 is 6.09 Å². The molecule has 0 radical (unpaired) electrons. The molecular formula is C15H20N4O4. The number of nitrogens with one attached hydrogen (secondary N) is 3. The molecule has 2 heterocycles. The summed E-state index contributed by atoms with van der Waals surface area (Å²) >= 11 is 0. The van der Waals surface area contributed by atoms with Crippen molar-refractivity contribution in [2.45, 2.75) is 24.7 Å². The second kappa shape index (κ2) is 6.33. The van der Waals surface area contributed by atoms with Gasteiger partial charge in [-0.3, -0.25) is 4.79 Å². The summed E-state index contributed by atoms with van der Waals surface area (Å²) in [6.07, 6.45) is -0.928. The molecule has 0 aliphatic carbocycles. The lowest BCUT2D eigenvalue weighted by atomic mass is 10.1. The fourth-order valence-corrected chi connectivity index (χ4v) is 3.07. The van der Waals surface area contributed by atoms with Crippen molar-refractivity contribution in [2.75, 3.05) is 30.8 Å². The highest BCUT2D eigenvalue weighted by Gasteiger charge is 2.41. The second-order valence-corrected chi connectivity index (χ2v) is 5.66. The molecule has 0 aromatic heterocycles. The van der Waals surface area contributed by atoms with Crippen LogP contribution in [-0.2, 0) is 9.53 Å². The maximum atomic E-state index is 12.3. The summed E-state index contributed by atoms with van der Waals surface area (Å²) in [7, 11) is 1.24. The molecule has 2 atom stereocenters. The number of methoxy groups -OCH3 is 1. The zero-order valence-electron chi connectivity index (χ0n) is 12.8. The molecule has 124 valence electrons. The van der Waals surface area contributed by atoms with Gasteiger partial charge in [-0.25, -0.2) is 4.79 Å². The number of anilines is 2. The number of carbonyl (C=O) groups excluding carboxylic acids is 2. The van der Waals surface area contributed by atoms with Crippen molar-refractivity contribution in [3.8, 4) is 0 Å². The Morgan fingerprint density at radius 3 is 2.61 bits per heavy atom. The molecule has 0 bridgehead atoms. The van der Waals surface area contributed by atoms with Crippen molar-refractivity contribution in [3.05, 3.63) is 24.3 Å². The maximum absolute atomic E-state index is 12.3. The molecule has 8 heteroatoms. The predicted molar refractivity (Wildman–Crippen MR) is 84.0 cm³/mol. The van der Waals surface area contributed by atoms with Crippen molar-refractivity contribution in [2.24, 2.45) is 0 Å². The molecule has 1 aromatic carbocycles. The van der Waals surface area contributed by atoms with Gasteiger partial charge in [0.25, 0.3) is 0 Å². The van der Waals surface area contributed by atoms with Crippen molar-refractivity contribution >= 4 is 23.4 Å². The molecule has 2 amide bonds. The van der Waals surface area contributed by atoms with E-state index in [0.29, 0.717) is 6.42 Å². The molecule has 2 aliphatic rings. The third kappa shape index (κ3) is 3.16. The number of rotatable bonds is 3. The van der Waals surface area contributed by atoms with Crippen molar-refractivity contribution < 1.29 is 19.4 Å². The summed E-state index contributed by atoms with van der Waals surface area (Å²) in [4.78, 5) is 25.0. The van der Waals surface area contributed by atoms with Crippen LogP contribution in [-0.4, -0.2) is 60.5 Å². The number of aliphatic hydroxyl groups excluding tert-OH is 1. The first kappa shape index (κ1) is 15.4. The first-order chi connectivity index (χ1) is 11.1. The van der Waals surface area contributed by atoms with Crippen LogP contribution < -0.4 is 16.0 Å². The highest BCUT2D eigenvalue weighted by Crippen LogP contribution is 2.33. The van der Waals surface area contributed by atoms with E-state index in [1.807, 2.05) is 24.3 Å². The molecule has 1 saturated heterocycles.